The van der Waals surface area contributed by atoms with Crippen molar-refractivity contribution >= 4 is 38.7 Å². The van der Waals surface area contributed by atoms with Crippen LogP contribution in [0.5, 0.6) is 11.5 Å². The molecule has 0 spiro atoms. The number of nitrogens with zero attached hydrogens (tertiary/aromatic N) is 3. The van der Waals surface area contributed by atoms with Crippen molar-refractivity contribution in [3.63, 3.8) is 0 Å². The highest BCUT2D eigenvalue weighted by atomic mass is 79.9. The topological polar surface area (TPSA) is 88.8 Å². The molecule has 0 radical (unpaired) electrons. The van der Waals surface area contributed by atoms with Crippen molar-refractivity contribution in [2.45, 2.75) is 20.1 Å². The third-order valence-electron chi connectivity index (χ3n) is 5.56. The van der Waals surface area contributed by atoms with Gasteiger partial charge in [-0.3, -0.25) is 5.43 Å². The van der Waals surface area contributed by atoms with Gasteiger partial charge in [-0.1, -0.05) is 42.5 Å². The zero-order chi connectivity index (χ0) is 25.5. The summed E-state index contributed by atoms with van der Waals surface area (Å²) in [7, 11) is 3.18. The number of ether oxygens (including phenoxy) is 3. The van der Waals surface area contributed by atoms with Crippen LogP contribution in [0.1, 0.15) is 27.9 Å². The Hall–Kier alpha value is -3.93. The van der Waals surface area contributed by atoms with Crippen LogP contribution in [0.2, 0.25) is 0 Å². The van der Waals surface area contributed by atoms with Crippen molar-refractivity contribution in [3.8, 4) is 17.6 Å². The summed E-state index contributed by atoms with van der Waals surface area (Å²) in [6.07, 6.45) is 1.63. The maximum atomic E-state index is 9.59. The van der Waals surface area contributed by atoms with Crippen LogP contribution in [0.15, 0.2) is 70.2 Å². The van der Waals surface area contributed by atoms with Gasteiger partial charge in [0.15, 0.2) is 17.3 Å². The number of hydrazone groups is 1. The molecule has 0 amide bonds. The standard InChI is InChI=1S/C28H25BrN4O3/c1-18-11-22(16-34-2)24(14-30)28(32-18)33-31-15-21-12-26(35-3)27(13-25(21)29)36-17-20-9-6-8-19-7-4-5-10-23(19)20/h4-13,15H,16-17H2,1-3H3,(H,32,33)/b31-15+. The number of nitriles is 1. The summed E-state index contributed by atoms with van der Waals surface area (Å²) in [4.78, 5) is 4.40. The van der Waals surface area contributed by atoms with E-state index in [1.54, 1.807) is 20.4 Å². The van der Waals surface area contributed by atoms with Crippen LogP contribution in [-0.2, 0) is 18.0 Å². The van der Waals surface area contributed by atoms with Gasteiger partial charge in [-0.2, -0.15) is 10.4 Å². The van der Waals surface area contributed by atoms with Crippen molar-refractivity contribution in [1.82, 2.24) is 4.98 Å². The van der Waals surface area contributed by atoms with Gasteiger partial charge in [-0.25, -0.2) is 4.98 Å². The molecule has 4 aromatic rings. The van der Waals surface area contributed by atoms with Gasteiger partial charge in [0.2, 0.25) is 0 Å². The minimum Gasteiger partial charge on any atom is -0.493 e. The molecule has 0 atom stereocenters. The van der Waals surface area contributed by atoms with Crippen LogP contribution in [0.25, 0.3) is 10.8 Å². The van der Waals surface area contributed by atoms with E-state index in [4.69, 9.17) is 14.2 Å². The van der Waals surface area contributed by atoms with E-state index in [9.17, 15) is 5.26 Å². The number of anilines is 1. The molecule has 4 rings (SSSR count). The molecule has 0 aliphatic heterocycles. The Morgan fingerprint density at radius 2 is 1.83 bits per heavy atom. The lowest BCUT2D eigenvalue weighted by atomic mass is 10.1. The Morgan fingerprint density at radius 1 is 1.03 bits per heavy atom. The highest BCUT2D eigenvalue weighted by Crippen LogP contribution is 2.34. The van der Waals surface area contributed by atoms with Gasteiger partial charge in [-0.15, -0.1) is 0 Å². The quantitative estimate of drug-likeness (QED) is 0.195. The summed E-state index contributed by atoms with van der Waals surface area (Å²) in [6.45, 7) is 2.57. The van der Waals surface area contributed by atoms with Crippen LogP contribution in [0, 0.1) is 18.3 Å². The largest absolute Gasteiger partial charge is 0.493 e. The normalized spacial score (nSPS) is 11.0. The molecule has 0 saturated heterocycles. The molecular weight excluding hydrogens is 520 g/mol. The molecule has 36 heavy (non-hydrogen) atoms. The molecule has 0 unspecified atom stereocenters. The van der Waals surface area contributed by atoms with E-state index in [0.29, 0.717) is 36.1 Å². The molecule has 8 heteroatoms. The van der Waals surface area contributed by atoms with Crippen LogP contribution < -0.4 is 14.9 Å². The average molecular weight is 545 g/mol. The predicted octanol–water partition coefficient (Wildman–Crippen LogP) is 6.36. The molecular formula is C28H25BrN4O3. The maximum Gasteiger partial charge on any atom is 0.164 e. The van der Waals surface area contributed by atoms with Crippen LogP contribution >= 0.6 is 15.9 Å². The van der Waals surface area contributed by atoms with Crippen molar-refractivity contribution in [3.05, 3.63) is 93.1 Å². The van der Waals surface area contributed by atoms with Gasteiger partial charge < -0.3 is 14.2 Å². The van der Waals surface area contributed by atoms with E-state index >= 15 is 0 Å². The van der Waals surface area contributed by atoms with Crippen molar-refractivity contribution < 1.29 is 14.2 Å². The van der Waals surface area contributed by atoms with Crippen molar-refractivity contribution in [2.75, 3.05) is 19.6 Å². The lowest BCUT2D eigenvalue weighted by Gasteiger charge is -2.14. The predicted molar refractivity (Wildman–Crippen MR) is 145 cm³/mol. The Balaban J connectivity index is 1.53. The second-order valence-electron chi connectivity index (χ2n) is 8.01. The second-order valence-corrected chi connectivity index (χ2v) is 8.87. The van der Waals surface area contributed by atoms with E-state index in [1.807, 2.05) is 43.3 Å². The zero-order valence-corrected chi connectivity index (χ0v) is 21.8. The maximum absolute atomic E-state index is 9.59. The minimum absolute atomic E-state index is 0.313. The number of halogens is 1. The lowest BCUT2D eigenvalue weighted by molar-refractivity contribution is 0.184. The number of hydrogen-bond donors (Lipinski definition) is 1. The lowest BCUT2D eigenvalue weighted by Crippen LogP contribution is -2.04. The summed E-state index contributed by atoms with van der Waals surface area (Å²) in [5, 5.41) is 16.2. The fourth-order valence-electron chi connectivity index (χ4n) is 3.87. The van der Waals surface area contributed by atoms with E-state index in [1.165, 1.54) is 5.39 Å². The zero-order valence-electron chi connectivity index (χ0n) is 20.2. The number of pyridine rings is 1. The number of benzene rings is 3. The van der Waals surface area contributed by atoms with Gasteiger partial charge in [0.25, 0.3) is 0 Å². The van der Waals surface area contributed by atoms with Crippen LogP contribution in [0.4, 0.5) is 5.82 Å². The molecule has 7 nitrogen and oxygen atoms in total. The Morgan fingerprint density at radius 3 is 2.61 bits per heavy atom. The Bertz CT molecular complexity index is 1460. The Kier molecular flexibility index (Phi) is 8.16. The van der Waals surface area contributed by atoms with Gasteiger partial charge in [0.05, 0.1) is 19.9 Å². The van der Waals surface area contributed by atoms with Crippen LogP contribution in [-0.4, -0.2) is 25.4 Å². The van der Waals surface area contributed by atoms with Crippen molar-refractivity contribution in [1.29, 1.82) is 5.26 Å². The summed E-state index contributed by atoms with van der Waals surface area (Å²) in [5.74, 6) is 1.56. The SMILES string of the molecule is COCc1cc(C)nc(N/N=C/c2cc(OC)c(OCc3cccc4ccccc34)cc2Br)c1C#N. The molecule has 0 aliphatic rings. The van der Waals surface area contributed by atoms with Gasteiger partial charge in [0.1, 0.15) is 18.2 Å². The first-order chi connectivity index (χ1) is 17.5. The average Bonchev–Trinajstić information content (AvgIpc) is 2.88. The fraction of sp³-hybridized carbons (Fsp3) is 0.179. The van der Waals surface area contributed by atoms with E-state index in [-0.39, 0.29) is 0 Å². The Labute approximate surface area is 218 Å². The molecule has 0 aliphatic carbocycles. The number of hydrogen-bond acceptors (Lipinski definition) is 7. The molecule has 0 saturated carbocycles. The third kappa shape index (κ3) is 5.65. The first-order valence-corrected chi connectivity index (χ1v) is 12.0. The molecule has 1 heterocycles. The fourth-order valence-corrected chi connectivity index (χ4v) is 4.30. The van der Waals surface area contributed by atoms with Crippen LogP contribution in [0.3, 0.4) is 0 Å². The van der Waals surface area contributed by atoms with Crippen molar-refractivity contribution in [2.24, 2.45) is 5.10 Å². The van der Waals surface area contributed by atoms with Gasteiger partial charge in [-0.05, 0) is 57.4 Å². The minimum atomic E-state index is 0.313. The number of methoxy groups -OCH3 is 2. The summed E-state index contributed by atoms with van der Waals surface area (Å²) in [5.41, 5.74) is 6.64. The smallest absolute Gasteiger partial charge is 0.164 e. The molecule has 0 bridgehead atoms. The summed E-state index contributed by atoms with van der Waals surface area (Å²) < 4.78 is 17.7. The number of fused-ring (bicyclic) bond motifs is 1. The molecule has 1 N–H and O–H groups in total. The second kappa shape index (κ2) is 11.7. The number of aromatic nitrogens is 1. The third-order valence-corrected chi connectivity index (χ3v) is 6.25. The van der Waals surface area contributed by atoms with E-state index in [2.05, 4.69) is 61.8 Å². The molecule has 0 fully saturated rings. The summed E-state index contributed by atoms with van der Waals surface area (Å²) >= 11 is 3.60. The van der Waals surface area contributed by atoms with Gasteiger partial charge >= 0.3 is 0 Å². The highest BCUT2D eigenvalue weighted by Gasteiger charge is 2.13. The van der Waals surface area contributed by atoms with E-state index < -0.39 is 0 Å². The summed E-state index contributed by atoms with van der Waals surface area (Å²) in [6, 6.07) is 22.1. The first-order valence-electron chi connectivity index (χ1n) is 11.2. The van der Waals surface area contributed by atoms with Gasteiger partial charge in [0, 0.05) is 28.4 Å². The highest BCUT2D eigenvalue weighted by molar-refractivity contribution is 9.10. The number of rotatable bonds is 9. The first kappa shape index (κ1) is 25.2. The monoisotopic (exact) mass is 544 g/mol. The molecule has 182 valence electrons. The van der Waals surface area contributed by atoms with E-state index in [0.717, 1.165) is 32.2 Å². The number of aryl methyl sites for hydroxylation is 1. The molecule has 3 aromatic carbocycles. The molecule has 1 aromatic heterocycles. The number of nitrogens with one attached hydrogen (secondary N) is 1.